The molecule has 1 heterocycles. The van der Waals surface area contributed by atoms with Gasteiger partial charge in [-0.05, 0) is 55.8 Å². The van der Waals surface area contributed by atoms with Gasteiger partial charge in [0.15, 0.2) is 0 Å². The molecule has 0 amide bonds. The lowest BCUT2D eigenvalue weighted by atomic mass is 9.51. The van der Waals surface area contributed by atoms with Gasteiger partial charge in [-0.2, -0.15) is 0 Å². The van der Waals surface area contributed by atoms with Crippen LogP contribution in [0.1, 0.15) is 49.4 Å². The minimum atomic E-state index is -0.810. The second kappa shape index (κ2) is 4.30. The minimum Gasteiger partial charge on any atom is -0.481 e. The number of aliphatic carboxylic acids is 1. The maximum atomic E-state index is 11.0. The molecule has 5 heteroatoms. The van der Waals surface area contributed by atoms with Crippen LogP contribution in [0, 0.1) is 23.7 Å². The Morgan fingerprint density at radius 2 is 1.80 bits per heavy atom. The lowest BCUT2D eigenvalue weighted by Gasteiger charge is -2.54. The van der Waals surface area contributed by atoms with Gasteiger partial charge in [-0.3, -0.25) is 9.48 Å². The van der Waals surface area contributed by atoms with Crippen LogP contribution in [-0.2, 0) is 18.3 Å². The summed E-state index contributed by atoms with van der Waals surface area (Å²) in [4.78, 5) is 11.0. The largest absolute Gasteiger partial charge is 0.481 e. The van der Waals surface area contributed by atoms with Gasteiger partial charge in [-0.15, -0.1) is 5.10 Å². The summed E-state index contributed by atoms with van der Waals surface area (Å²) in [5.74, 6) is 3.01. The highest BCUT2D eigenvalue weighted by atomic mass is 16.4. The molecule has 4 aliphatic rings. The molecule has 0 aromatic carbocycles. The van der Waals surface area contributed by atoms with Gasteiger partial charge in [0.05, 0.1) is 17.8 Å². The first-order chi connectivity index (χ1) is 9.61. The Labute approximate surface area is 118 Å². The first-order valence-corrected chi connectivity index (χ1v) is 7.72. The average molecular weight is 275 g/mol. The van der Waals surface area contributed by atoms with Gasteiger partial charge < -0.3 is 5.11 Å². The van der Waals surface area contributed by atoms with Crippen molar-refractivity contribution in [2.75, 3.05) is 0 Å². The molecule has 0 saturated heterocycles. The predicted octanol–water partition coefficient (Wildman–Crippen LogP) is 1.98. The van der Waals surface area contributed by atoms with Crippen LogP contribution in [0.5, 0.6) is 0 Å². The van der Waals surface area contributed by atoms with E-state index in [1.807, 2.05) is 11.7 Å². The zero-order valence-electron chi connectivity index (χ0n) is 11.8. The average Bonchev–Trinajstić information content (AvgIpc) is 2.69. The van der Waals surface area contributed by atoms with Crippen molar-refractivity contribution in [3.05, 3.63) is 11.4 Å². The zero-order chi connectivity index (χ0) is 13.9. The number of rotatable bonds is 3. The third-order valence-electron chi connectivity index (χ3n) is 5.81. The minimum absolute atomic E-state index is 0.00592. The molecule has 0 radical (unpaired) electrons. The Hall–Kier alpha value is -1.39. The van der Waals surface area contributed by atoms with Gasteiger partial charge in [-0.1, -0.05) is 5.21 Å². The van der Waals surface area contributed by atoms with Crippen LogP contribution in [-0.4, -0.2) is 26.1 Å². The molecule has 1 N–H and O–H groups in total. The highest BCUT2D eigenvalue weighted by Gasteiger charge is 2.50. The van der Waals surface area contributed by atoms with E-state index in [9.17, 15) is 4.79 Å². The van der Waals surface area contributed by atoms with Gasteiger partial charge in [-0.25, -0.2) is 0 Å². The number of aryl methyl sites for hydroxylation is 1. The van der Waals surface area contributed by atoms with E-state index >= 15 is 0 Å². The van der Waals surface area contributed by atoms with E-state index in [-0.39, 0.29) is 6.42 Å². The molecule has 20 heavy (non-hydrogen) atoms. The monoisotopic (exact) mass is 275 g/mol. The van der Waals surface area contributed by atoms with E-state index in [0.29, 0.717) is 11.6 Å². The smallest absolute Gasteiger partial charge is 0.309 e. The second-order valence-corrected chi connectivity index (χ2v) is 7.07. The van der Waals surface area contributed by atoms with E-state index in [1.165, 1.54) is 32.1 Å². The molecule has 4 aliphatic carbocycles. The number of aromatic nitrogens is 3. The van der Waals surface area contributed by atoms with Crippen LogP contribution in [0.2, 0.25) is 0 Å². The van der Waals surface area contributed by atoms with Crippen LogP contribution in [0.3, 0.4) is 0 Å². The highest BCUT2D eigenvalue weighted by molar-refractivity contribution is 5.69. The number of hydrogen-bond acceptors (Lipinski definition) is 3. The zero-order valence-corrected chi connectivity index (χ0v) is 11.8. The summed E-state index contributed by atoms with van der Waals surface area (Å²) in [7, 11) is 1.92. The lowest BCUT2D eigenvalue weighted by Crippen LogP contribution is -2.44. The Bertz CT molecular complexity index is 523. The highest BCUT2D eigenvalue weighted by Crippen LogP contribution is 2.59. The molecule has 1 aromatic heterocycles. The van der Waals surface area contributed by atoms with Gasteiger partial charge in [0, 0.05) is 13.0 Å². The summed E-state index contributed by atoms with van der Waals surface area (Å²) in [6, 6.07) is 0. The summed E-state index contributed by atoms with van der Waals surface area (Å²) >= 11 is 0. The van der Waals surface area contributed by atoms with Crippen molar-refractivity contribution < 1.29 is 9.90 Å². The van der Waals surface area contributed by atoms with Crippen molar-refractivity contribution in [3.8, 4) is 0 Å². The van der Waals surface area contributed by atoms with E-state index in [0.717, 1.165) is 29.4 Å². The van der Waals surface area contributed by atoms with E-state index in [2.05, 4.69) is 10.3 Å². The summed E-state index contributed by atoms with van der Waals surface area (Å²) < 4.78 is 1.84. The van der Waals surface area contributed by atoms with Crippen molar-refractivity contribution in [1.82, 2.24) is 15.0 Å². The molecule has 5 rings (SSSR count). The fourth-order valence-corrected chi connectivity index (χ4v) is 5.46. The number of carbonyl (C=O) groups is 1. The normalized spacial score (nSPS) is 38.4. The number of hydrogen-bond donors (Lipinski definition) is 1. The number of nitrogens with zero attached hydrogens (tertiary/aromatic N) is 3. The molecule has 4 bridgehead atoms. The Morgan fingerprint density at radius 1 is 1.20 bits per heavy atom. The topological polar surface area (TPSA) is 68.0 Å². The number of carboxylic acid groups (broad SMARTS) is 1. The molecular weight excluding hydrogens is 254 g/mol. The Kier molecular flexibility index (Phi) is 2.66. The molecule has 4 fully saturated rings. The van der Waals surface area contributed by atoms with Gasteiger partial charge in [0.1, 0.15) is 0 Å². The van der Waals surface area contributed by atoms with Gasteiger partial charge in [0.2, 0.25) is 0 Å². The predicted molar refractivity (Wildman–Crippen MR) is 72.1 cm³/mol. The van der Waals surface area contributed by atoms with Crippen LogP contribution >= 0.6 is 0 Å². The summed E-state index contributed by atoms with van der Waals surface area (Å²) in [6.45, 7) is 0. The van der Waals surface area contributed by atoms with E-state index in [1.54, 1.807) is 0 Å². The van der Waals surface area contributed by atoms with Crippen molar-refractivity contribution in [2.45, 2.75) is 44.4 Å². The van der Waals surface area contributed by atoms with Gasteiger partial charge in [0.25, 0.3) is 0 Å². The van der Waals surface area contributed by atoms with Crippen molar-refractivity contribution >= 4 is 5.97 Å². The first-order valence-electron chi connectivity index (χ1n) is 7.72. The standard InChI is InChI=1S/C15H21N3O2/c1-18-15(12(16-17-18)7-13(19)20)14-10-3-8-2-9(5-10)6-11(14)4-8/h8-11,14H,2-7H2,1H3,(H,19,20). The molecule has 0 spiro atoms. The summed E-state index contributed by atoms with van der Waals surface area (Å²) in [5, 5.41) is 17.3. The quantitative estimate of drug-likeness (QED) is 0.916. The molecule has 4 saturated carbocycles. The second-order valence-electron chi connectivity index (χ2n) is 7.07. The molecule has 1 aromatic rings. The summed E-state index contributed by atoms with van der Waals surface area (Å²) in [6.07, 6.45) is 6.76. The van der Waals surface area contributed by atoms with Crippen molar-refractivity contribution in [3.63, 3.8) is 0 Å². The van der Waals surface area contributed by atoms with Crippen LogP contribution in [0.4, 0.5) is 0 Å². The van der Waals surface area contributed by atoms with Gasteiger partial charge >= 0.3 is 5.97 Å². The molecule has 5 nitrogen and oxygen atoms in total. The Balaban J connectivity index is 1.70. The van der Waals surface area contributed by atoms with Crippen molar-refractivity contribution in [2.24, 2.45) is 30.7 Å². The fraction of sp³-hybridized carbons (Fsp3) is 0.800. The maximum absolute atomic E-state index is 11.0. The molecule has 108 valence electrons. The molecule has 0 atom stereocenters. The molecule has 0 aliphatic heterocycles. The third kappa shape index (κ3) is 1.79. The van der Waals surface area contributed by atoms with Crippen LogP contribution < -0.4 is 0 Å². The number of carboxylic acids is 1. The van der Waals surface area contributed by atoms with Crippen LogP contribution in [0.25, 0.3) is 0 Å². The molecular formula is C15H21N3O2. The molecule has 0 unspecified atom stereocenters. The fourth-order valence-electron chi connectivity index (χ4n) is 5.46. The lowest BCUT2D eigenvalue weighted by molar-refractivity contribution is -0.136. The Morgan fingerprint density at radius 3 is 2.35 bits per heavy atom. The third-order valence-corrected chi connectivity index (χ3v) is 5.81. The van der Waals surface area contributed by atoms with E-state index < -0.39 is 5.97 Å². The van der Waals surface area contributed by atoms with Crippen molar-refractivity contribution in [1.29, 1.82) is 0 Å². The maximum Gasteiger partial charge on any atom is 0.309 e. The van der Waals surface area contributed by atoms with E-state index in [4.69, 9.17) is 5.11 Å². The summed E-state index contributed by atoms with van der Waals surface area (Å²) in [5.41, 5.74) is 1.80. The SMILES string of the molecule is Cn1nnc(CC(=O)O)c1C1C2CC3CC(C2)CC1C3. The van der Waals surface area contributed by atoms with Crippen LogP contribution in [0.15, 0.2) is 0 Å². The first kappa shape index (κ1) is 12.4.